The molecule has 8 heteroatoms. The number of nitrogens with zero attached hydrogens (tertiary/aromatic N) is 2. The Morgan fingerprint density at radius 1 is 1.29 bits per heavy atom. The SMILES string of the molecule is CCCCN(CC)C(=O)c1c(O)cc(O)c([N+](=O)[O-])c1O. The van der Waals surface area contributed by atoms with E-state index < -0.39 is 39.3 Å². The van der Waals surface area contributed by atoms with Crippen LogP contribution in [0.4, 0.5) is 5.69 Å². The lowest BCUT2D eigenvalue weighted by Crippen LogP contribution is -2.31. The van der Waals surface area contributed by atoms with Crippen molar-refractivity contribution in [3.05, 3.63) is 21.7 Å². The minimum absolute atomic E-state index is 0.326. The number of nitro groups is 1. The molecule has 3 N–H and O–H groups in total. The molecule has 0 unspecified atom stereocenters. The summed E-state index contributed by atoms with van der Waals surface area (Å²) in [6.07, 6.45) is 1.57. The number of carbonyl (C=O) groups excluding carboxylic acids is 1. The highest BCUT2D eigenvalue weighted by Gasteiger charge is 2.31. The van der Waals surface area contributed by atoms with Crippen LogP contribution in [0.15, 0.2) is 6.07 Å². The number of phenolic OH excluding ortho intramolecular Hbond substituents is 3. The van der Waals surface area contributed by atoms with Gasteiger partial charge in [-0.1, -0.05) is 13.3 Å². The molecule has 0 fully saturated rings. The van der Waals surface area contributed by atoms with Crippen LogP contribution in [0.2, 0.25) is 0 Å². The van der Waals surface area contributed by atoms with Gasteiger partial charge in [-0.2, -0.15) is 0 Å². The van der Waals surface area contributed by atoms with Gasteiger partial charge in [0.25, 0.3) is 5.91 Å². The summed E-state index contributed by atoms with van der Waals surface area (Å²) in [5, 5.41) is 39.8. The number of phenols is 3. The van der Waals surface area contributed by atoms with Crippen LogP contribution in [0.25, 0.3) is 0 Å². The number of nitro benzene ring substituents is 1. The Hall–Kier alpha value is -2.51. The fourth-order valence-electron chi connectivity index (χ4n) is 1.93. The van der Waals surface area contributed by atoms with Crippen molar-refractivity contribution in [1.29, 1.82) is 0 Å². The molecule has 1 aromatic carbocycles. The fraction of sp³-hybridized carbons (Fsp3) is 0.462. The molecule has 0 aliphatic heterocycles. The second-order valence-electron chi connectivity index (χ2n) is 4.48. The fourth-order valence-corrected chi connectivity index (χ4v) is 1.93. The third kappa shape index (κ3) is 3.33. The maximum Gasteiger partial charge on any atom is 0.353 e. The molecular weight excluding hydrogens is 280 g/mol. The van der Waals surface area contributed by atoms with Gasteiger partial charge in [0.2, 0.25) is 11.5 Å². The number of hydrogen-bond acceptors (Lipinski definition) is 6. The van der Waals surface area contributed by atoms with E-state index in [1.165, 1.54) is 4.90 Å². The lowest BCUT2D eigenvalue weighted by Gasteiger charge is -2.21. The maximum atomic E-state index is 12.3. The van der Waals surface area contributed by atoms with Gasteiger partial charge in [0.05, 0.1) is 4.92 Å². The zero-order valence-electron chi connectivity index (χ0n) is 11.9. The van der Waals surface area contributed by atoms with E-state index in [1.54, 1.807) is 6.92 Å². The monoisotopic (exact) mass is 298 g/mol. The molecular formula is C13H18N2O6. The quantitative estimate of drug-likeness (QED) is 0.545. The van der Waals surface area contributed by atoms with Gasteiger partial charge in [-0.15, -0.1) is 0 Å². The highest BCUT2D eigenvalue weighted by atomic mass is 16.6. The van der Waals surface area contributed by atoms with Gasteiger partial charge < -0.3 is 20.2 Å². The first kappa shape index (κ1) is 16.5. The molecule has 0 bridgehead atoms. The van der Waals surface area contributed by atoms with Gasteiger partial charge in [0, 0.05) is 19.2 Å². The molecule has 8 nitrogen and oxygen atoms in total. The first-order valence-corrected chi connectivity index (χ1v) is 6.56. The van der Waals surface area contributed by atoms with Crippen LogP contribution >= 0.6 is 0 Å². The molecule has 1 amide bonds. The molecule has 1 aromatic rings. The molecule has 1 rings (SSSR count). The van der Waals surface area contributed by atoms with E-state index in [4.69, 9.17) is 0 Å². The molecule has 0 aliphatic rings. The number of carbonyl (C=O) groups is 1. The van der Waals surface area contributed by atoms with E-state index >= 15 is 0 Å². The Morgan fingerprint density at radius 2 is 1.90 bits per heavy atom. The third-order valence-corrected chi connectivity index (χ3v) is 3.08. The molecule has 0 saturated carbocycles. The molecule has 0 radical (unpaired) electrons. The smallest absolute Gasteiger partial charge is 0.353 e. The molecule has 0 saturated heterocycles. The number of unbranched alkanes of at least 4 members (excludes halogenated alkanes) is 1. The highest BCUT2D eigenvalue weighted by molar-refractivity contribution is 6.01. The molecule has 116 valence electrons. The van der Waals surface area contributed by atoms with Gasteiger partial charge >= 0.3 is 5.69 Å². The minimum atomic E-state index is -1.03. The zero-order chi connectivity index (χ0) is 16.2. The maximum absolute atomic E-state index is 12.3. The van der Waals surface area contributed by atoms with Gasteiger partial charge in [-0.25, -0.2) is 0 Å². The second-order valence-corrected chi connectivity index (χ2v) is 4.48. The van der Waals surface area contributed by atoms with Gasteiger partial charge in [0.15, 0.2) is 0 Å². The molecule has 0 spiro atoms. The van der Waals surface area contributed by atoms with Crippen molar-refractivity contribution in [2.75, 3.05) is 13.1 Å². The average molecular weight is 298 g/mol. The first-order valence-electron chi connectivity index (χ1n) is 6.56. The Bertz CT molecular complexity index is 558. The standard InChI is InChI=1S/C13H18N2O6/c1-3-5-6-14(4-2)13(19)10-8(16)7-9(17)11(12(10)18)15(20)21/h7,16-18H,3-6H2,1-2H3. The average Bonchev–Trinajstić information content (AvgIpc) is 2.38. The zero-order valence-corrected chi connectivity index (χ0v) is 11.9. The molecule has 0 aliphatic carbocycles. The van der Waals surface area contributed by atoms with E-state index in [2.05, 4.69) is 0 Å². The number of benzene rings is 1. The summed E-state index contributed by atoms with van der Waals surface area (Å²) < 4.78 is 0. The lowest BCUT2D eigenvalue weighted by molar-refractivity contribution is -0.386. The molecule has 0 heterocycles. The molecule has 0 aromatic heterocycles. The lowest BCUT2D eigenvalue weighted by atomic mass is 10.1. The van der Waals surface area contributed by atoms with Crippen LogP contribution < -0.4 is 0 Å². The first-order chi connectivity index (χ1) is 9.84. The van der Waals surface area contributed by atoms with Crippen molar-refractivity contribution in [3.63, 3.8) is 0 Å². The summed E-state index contributed by atoms with van der Waals surface area (Å²) >= 11 is 0. The van der Waals surface area contributed by atoms with E-state index in [1.807, 2.05) is 6.92 Å². The van der Waals surface area contributed by atoms with Gasteiger partial charge in [0.1, 0.15) is 11.3 Å². The van der Waals surface area contributed by atoms with Crippen LogP contribution in [-0.2, 0) is 0 Å². The Labute approximate surface area is 121 Å². The number of rotatable bonds is 6. The van der Waals surface area contributed by atoms with Crippen LogP contribution in [0.3, 0.4) is 0 Å². The summed E-state index contributed by atoms with van der Waals surface area (Å²) in [4.78, 5) is 23.5. The van der Waals surface area contributed by atoms with Crippen molar-refractivity contribution in [1.82, 2.24) is 4.90 Å². The summed E-state index contributed by atoms with van der Waals surface area (Å²) in [5.41, 5.74) is -1.57. The van der Waals surface area contributed by atoms with Crippen LogP contribution in [0.5, 0.6) is 17.2 Å². The van der Waals surface area contributed by atoms with E-state index in [-0.39, 0.29) is 0 Å². The van der Waals surface area contributed by atoms with Crippen molar-refractivity contribution in [2.24, 2.45) is 0 Å². The molecule has 0 atom stereocenters. The van der Waals surface area contributed by atoms with Crippen molar-refractivity contribution in [2.45, 2.75) is 26.7 Å². The van der Waals surface area contributed by atoms with Crippen LogP contribution in [-0.4, -0.2) is 44.1 Å². The van der Waals surface area contributed by atoms with Crippen molar-refractivity contribution < 1.29 is 25.0 Å². The number of amides is 1. The van der Waals surface area contributed by atoms with Gasteiger partial charge in [-0.3, -0.25) is 14.9 Å². The summed E-state index contributed by atoms with van der Waals surface area (Å²) in [5.74, 6) is -3.35. The largest absolute Gasteiger partial charge is 0.507 e. The Kier molecular flexibility index (Phi) is 5.34. The summed E-state index contributed by atoms with van der Waals surface area (Å²) in [7, 11) is 0. The van der Waals surface area contributed by atoms with Crippen LogP contribution in [0.1, 0.15) is 37.0 Å². The predicted octanol–water partition coefficient (Wildman–Crippen LogP) is 1.97. The van der Waals surface area contributed by atoms with Crippen LogP contribution in [0, 0.1) is 10.1 Å². The topological polar surface area (TPSA) is 124 Å². The minimum Gasteiger partial charge on any atom is -0.507 e. The van der Waals surface area contributed by atoms with E-state index in [0.29, 0.717) is 19.2 Å². The third-order valence-electron chi connectivity index (χ3n) is 3.08. The normalized spacial score (nSPS) is 10.4. The highest BCUT2D eigenvalue weighted by Crippen LogP contribution is 2.43. The van der Waals surface area contributed by atoms with E-state index in [0.717, 1.165) is 12.8 Å². The van der Waals surface area contributed by atoms with Gasteiger partial charge in [-0.05, 0) is 13.3 Å². The Balaban J connectivity index is 3.32. The predicted molar refractivity (Wildman–Crippen MR) is 74.6 cm³/mol. The number of hydrogen-bond donors (Lipinski definition) is 3. The molecule has 21 heavy (non-hydrogen) atoms. The second kappa shape index (κ2) is 6.78. The van der Waals surface area contributed by atoms with Crippen molar-refractivity contribution in [3.8, 4) is 17.2 Å². The van der Waals surface area contributed by atoms with Crippen molar-refractivity contribution >= 4 is 11.6 Å². The summed E-state index contributed by atoms with van der Waals surface area (Å²) in [6.45, 7) is 4.39. The number of aromatic hydroxyl groups is 3. The van der Waals surface area contributed by atoms with E-state index in [9.17, 15) is 30.2 Å². The summed E-state index contributed by atoms with van der Waals surface area (Å²) in [6, 6.07) is 0.679. The Morgan fingerprint density at radius 3 is 2.38 bits per heavy atom.